The number of carbonyl (C=O) groups excluding carboxylic acids is 1. The van der Waals surface area contributed by atoms with Crippen LogP contribution in [0.1, 0.15) is 0 Å². The van der Waals surface area contributed by atoms with Crippen LogP contribution >= 0.6 is 0 Å². The Morgan fingerprint density at radius 2 is 2.09 bits per heavy atom. The van der Waals surface area contributed by atoms with Gasteiger partial charge in [0.15, 0.2) is 12.3 Å². The minimum atomic E-state index is -4.80. The lowest BCUT2D eigenvalue weighted by Crippen LogP contribution is -2.47. The van der Waals surface area contributed by atoms with E-state index in [1.807, 2.05) is 4.98 Å². The molecule has 0 radical (unpaired) electrons. The van der Waals surface area contributed by atoms with Gasteiger partial charge in [-0.25, -0.2) is 27.9 Å². The number of alkyl carbamates (subject to hydrolysis) is 1. The molecule has 33 heavy (non-hydrogen) atoms. The molecule has 4 heterocycles. The van der Waals surface area contributed by atoms with E-state index in [1.165, 1.54) is 23.0 Å². The minimum absolute atomic E-state index is 0.0253. The minimum Gasteiger partial charge on any atom is -0.440 e. The molecule has 16 heteroatoms. The number of carbonyl (C=O) groups is 1. The molecule has 1 aliphatic rings. The number of hydrogen-bond acceptors (Lipinski definition) is 7. The number of aromatic amines is 2. The standard InChI is InChI=1S/C17H14F5N7O4/c18-16(19)6-28(5-11(16)25-15(32)33-7-17(20,21)22)10-3-9(27-29-2-1-23-12(10)29)8-4-24-14(31)26-13(8)30/h1-4,11H,5-7H2,(H,25,32)(H2,24,26,30,31). The lowest BCUT2D eigenvalue weighted by atomic mass is 10.2. The van der Waals surface area contributed by atoms with Crippen molar-refractivity contribution in [3.63, 3.8) is 0 Å². The summed E-state index contributed by atoms with van der Waals surface area (Å²) in [4.78, 5) is 44.5. The average Bonchev–Trinajstić information content (AvgIpc) is 3.29. The maximum absolute atomic E-state index is 14.6. The smallest absolute Gasteiger partial charge is 0.422 e. The summed E-state index contributed by atoms with van der Waals surface area (Å²) in [6.07, 6.45) is -2.59. The van der Waals surface area contributed by atoms with Crippen molar-refractivity contribution in [1.29, 1.82) is 0 Å². The molecule has 176 valence electrons. The van der Waals surface area contributed by atoms with Crippen molar-refractivity contribution in [1.82, 2.24) is 29.9 Å². The van der Waals surface area contributed by atoms with Crippen molar-refractivity contribution in [2.45, 2.75) is 18.1 Å². The van der Waals surface area contributed by atoms with Gasteiger partial charge in [-0.1, -0.05) is 0 Å². The Morgan fingerprint density at radius 1 is 1.33 bits per heavy atom. The molecule has 4 rings (SSSR count). The van der Waals surface area contributed by atoms with Gasteiger partial charge >= 0.3 is 18.0 Å². The average molecular weight is 475 g/mol. The van der Waals surface area contributed by atoms with Crippen molar-refractivity contribution in [2.75, 3.05) is 24.6 Å². The van der Waals surface area contributed by atoms with E-state index in [9.17, 15) is 36.3 Å². The molecule has 3 aromatic heterocycles. The second kappa shape index (κ2) is 7.86. The van der Waals surface area contributed by atoms with E-state index in [1.54, 1.807) is 5.32 Å². The van der Waals surface area contributed by atoms with Gasteiger partial charge < -0.3 is 19.9 Å². The fourth-order valence-electron chi connectivity index (χ4n) is 3.31. The first-order valence-corrected chi connectivity index (χ1v) is 9.22. The fraction of sp³-hybridized carbons (Fsp3) is 0.353. The van der Waals surface area contributed by atoms with E-state index < -0.39 is 55.2 Å². The number of hydrogen-bond donors (Lipinski definition) is 3. The Balaban J connectivity index is 1.64. The summed E-state index contributed by atoms with van der Waals surface area (Å²) in [5.41, 5.74) is -1.28. The highest BCUT2D eigenvalue weighted by molar-refractivity contribution is 5.75. The number of rotatable bonds is 4. The predicted molar refractivity (Wildman–Crippen MR) is 101 cm³/mol. The first kappa shape index (κ1) is 22.2. The van der Waals surface area contributed by atoms with Crippen LogP contribution in [0.25, 0.3) is 16.9 Å². The highest BCUT2D eigenvalue weighted by Crippen LogP contribution is 2.34. The molecule has 1 aliphatic heterocycles. The van der Waals surface area contributed by atoms with Gasteiger partial charge in [-0.05, 0) is 6.07 Å². The van der Waals surface area contributed by atoms with Crippen LogP contribution in [-0.4, -0.2) is 68.5 Å². The molecular formula is C17H14F5N7O4. The number of fused-ring (bicyclic) bond motifs is 1. The molecule has 0 bridgehead atoms. The van der Waals surface area contributed by atoms with Crippen LogP contribution in [0, 0.1) is 0 Å². The number of H-pyrrole nitrogens is 2. The molecule has 1 saturated heterocycles. The van der Waals surface area contributed by atoms with E-state index in [0.717, 1.165) is 11.1 Å². The number of aromatic nitrogens is 5. The lowest BCUT2D eigenvalue weighted by molar-refractivity contribution is -0.160. The van der Waals surface area contributed by atoms with Crippen molar-refractivity contribution in [3.8, 4) is 11.3 Å². The normalized spacial score (nSPS) is 18.0. The maximum Gasteiger partial charge on any atom is 0.422 e. The van der Waals surface area contributed by atoms with Crippen molar-refractivity contribution >= 4 is 17.4 Å². The molecule has 1 fully saturated rings. The number of halogens is 5. The van der Waals surface area contributed by atoms with Gasteiger partial charge in [0.1, 0.15) is 11.7 Å². The van der Waals surface area contributed by atoms with Crippen LogP contribution in [0.3, 0.4) is 0 Å². The Hall–Kier alpha value is -3.98. The van der Waals surface area contributed by atoms with Crippen molar-refractivity contribution < 1.29 is 31.5 Å². The van der Waals surface area contributed by atoms with E-state index in [2.05, 4.69) is 19.8 Å². The molecule has 1 atom stereocenters. The summed E-state index contributed by atoms with van der Waals surface area (Å²) >= 11 is 0. The van der Waals surface area contributed by atoms with Crippen LogP contribution in [0.4, 0.5) is 32.4 Å². The van der Waals surface area contributed by atoms with Gasteiger partial charge in [-0.2, -0.15) is 18.3 Å². The highest BCUT2D eigenvalue weighted by Gasteiger charge is 2.50. The van der Waals surface area contributed by atoms with Crippen molar-refractivity contribution in [3.05, 3.63) is 45.5 Å². The fourth-order valence-corrected chi connectivity index (χ4v) is 3.31. The molecule has 0 aliphatic carbocycles. The molecular weight excluding hydrogens is 461 g/mol. The van der Waals surface area contributed by atoms with Crippen LogP contribution < -0.4 is 21.5 Å². The van der Waals surface area contributed by atoms with Crippen LogP contribution in [-0.2, 0) is 4.74 Å². The summed E-state index contributed by atoms with van der Waals surface area (Å²) in [5.74, 6) is -3.53. The van der Waals surface area contributed by atoms with Gasteiger partial charge in [0, 0.05) is 25.1 Å². The largest absolute Gasteiger partial charge is 0.440 e. The third kappa shape index (κ3) is 4.63. The summed E-state index contributed by atoms with van der Waals surface area (Å²) < 4.78 is 70.9. The Kier molecular flexibility index (Phi) is 5.29. The Morgan fingerprint density at radius 3 is 2.79 bits per heavy atom. The van der Waals surface area contributed by atoms with Gasteiger partial charge in [-0.3, -0.25) is 9.78 Å². The van der Waals surface area contributed by atoms with Crippen LogP contribution in [0.15, 0.2) is 34.2 Å². The summed E-state index contributed by atoms with van der Waals surface area (Å²) in [7, 11) is 0. The zero-order valence-electron chi connectivity index (χ0n) is 16.3. The third-order valence-corrected chi connectivity index (χ3v) is 4.75. The molecule has 1 amide bonds. The molecule has 0 saturated carbocycles. The second-order valence-electron chi connectivity index (χ2n) is 7.13. The Labute approximate surface area is 179 Å². The molecule has 11 nitrogen and oxygen atoms in total. The van der Waals surface area contributed by atoms with Crippen LogP contribution in [0.5, 0.6) is 0 Å². The van der Waals surface area contributed by atoms with Crippen molar-refractivity contribution in [2.24, 2.45) is 0 Å². The second-order valence-corrected chi connectivity index (χ2v) is 7.13. The molecule has 3 N–H and O–H groups in total. The zero-order chi connectivity index (χ0) is 24.0. The number of imidazole rings is 1. The molecule has 0 aromatic carbocycles. The predicted octanol–water partition coefficient (Wildman–Crippen LogP) is 0.885. The van der Waals surface area contributed by atoms with E-state index in [0.29, 0.717) is 0 Å². The van der Waals surface area contributed by atoms with E-state index >= 15 is 0 Å². The van der Waals surface area contributed by atoms with Gasteiger partial charge in [0.2, 0.25) is 0 Å². The number of nitrogens with zero attached hydrogens (tertiary/aromatic N) is 4. The summed E-state index contributed by atoms with van der Waals surface area (Å²) in [6.45, 7) is -3.33. The highest BCUT2D eigenvalue weighted by atomic mass is 19.4. The number of nitrogens with one attached hydrogen (secondary N) is 3. The summed E-state index contributed by atoms with van der Waals surface area (Å²) in [6, 6.07) is -0.563. The molecule has 0 spiro atoms. The van der Waals surface area contributed by atoms with E-state index in [4.69, 9.17) is 0 Å². The zero-order valence-corrected chi connectivity index (χ0v) is 16.3. The monoisotopic (exact) mass is 475 g/mol. The third-order valence-electron chi connectivity index (χ3n) is 4.75. The number of amides is 1. The quantitative estimate of drug-likeness (QED) is 0.477. The first-order chi connectivity index (χ1) is 15.4. The van der Waals surface area contributed by atoms with E-state index in [-0.39, 0.29) is 22.6 Å². The van der Waals surface area contributed by atoms with Gasteiger partial charge in [-0.15, -0.1) is 0 Å². The van der Waals surface area contributed by atoms with Gasteiger partial charge in [0.25, 0.3) is 11.5 Å². The topological polar surface area (TPSA) is 137 Å². The first-order valence-electron chi connectivity index (χ1n) is 9.22. The van der Waals surface area contributed by atoms with Crippen LogP contribution in [0.2, 0.25) is 0 Å². The number of ether oxygens (including phenoxy) is 1. The molecule has 1 unspecified atom stereocenters. The SMILES string of the molecule is O=C(NC1CN(c2cc(-c3c[nH]c(=O)[nH]c3=O)nn3ccnc23)CC1(F)F)OCC(F)(F)F. The lowest BCUT2D eigenvalue weighted by Gasteiger charge is -2.19. The molecule has 3 aromatic rings. The number of alkyl halides is 5. The number of anilines is 1. The van der Waals surface area contributed by atoms with Gasteiger partial charge in [0.05, 0.1) is 17.8 Å². The summed E-state index contributed by atoms with van der Waals surface area (Å²) in [5, 5.41) is 5.94. The maximum atomic E-state index is 14.6. The Bertz CT molecular complexity index is 1320.